The lowest BCUT2D eigenvalue weighted by molar-refractivity contribution is -0.147. The molecular formula is C13H19NO5S. The lowest BCUT2D eigenvalue weighted by atomic mass is 9.82. The molecule has 2 N–H and O–H groups in total. The van der Waals surface area contributed by atoms with Crippen molar-refractivity contribution < 1.29 is 23.1 Å². The van der Waals surface area contributed by atoms with E-state index in [9.17, 15) is 18.0 Å². The molecule has 20 heavy (non-hydrogen) atoms. The van der Waals surface area contributed by atoms with Crippen LogP contribution in [0.3, 0.4) is 0 Å². The Kier molecular flexibility index (Phi) is 3.90. The summed E-state index contributed by atoms with van der Waals surface area (Å²) < 4.78 is 23.0. The van der Waals surface area contributed by atoms with E-state index in [0.29, 0.717) is 19.3 Å². The van der Waals surface area contributed by atoms with Crippen LogP contribution in [0.15, 0.2) is 12.2 Å². The Hall–Kier alpha value is -1.37. The maximum absolute atomic E-state index is 12.3. The molecule has 0 bridgehead atoms. The molecular weight excluding hydrogens is 282 g/mol. The summed E-state index contributed by atoms with van der Waals surface area (Å²) >= 11 is 0. The highest BCUT2D eigenvalue weighted by Crippen LogP contribution is 2.29. The van der Waals surface area contributed by atoms with Crippen molar-refractivity contribution in [3.63, 3.8) is 0 Å². The number of carbonyl (C=O) groups is 2. The van der Waals surface area contributed by atoms with Crippen molar-refractivity contribution in [2.75, 3.05) is 11.5 Å². The number of allylic oxidation sites excluding steroid dienone is 2. The first-order valence-corrected chi connectivity index (χ1v) is 8.45. The molecule has 6 nitrogen and oxygen atoms in total. The van der Waals surface area contributed by atoms with Crippen molar-refractivity contribution in [3.05, 3.63) is 12.2 Å². The number of rotatable bonds is 3. The number of nitrogens with one attached hydrogen (secondary N) is 1. The van der Waals surface area contributed by atoms with E-state index >= 15 is 0 Å². The zero-order chi connectivity index (χ0) is 15.0. The molecule has 0 aromatic carbocycles. The Morgan fingerprint density at radius 2 is 1.85 bits per heavy atom. The third kappa shape index (κ3) is 3.20. The number of carboxylic acid groups (broad SMARTS) is 1. The molecule has 1 unspecified atom stereocenters. The molecule has 1 amide bonds. The van der Waals surface area contributed by atoms with Crippen LogP contribution >= 0.6 is 0 Å². The predicted molar refractivity (Wildman–Crippen MR) is 72.8 cm³/mol. The van der Waals surface area contributed by atoms with E-state index in [1.807, 2.05) is 0 Å². The van der Waals surface area contributed by atoms with Gasteiger partial charge in [0.25, 0.3) is 0 Å². The van der Waals surface area contributed by atoms with Gasteiger partial charge in [-0.3, -0.25) is 9.59 Å². The Morgan fingerprint density at radius 3 is 2.35 bits per heavy atom. The minimum absolute atomic E-state index is 0.0662. The van der Waals surface area contributed by atoms with Gasteiger partial charge in [-0.1, -0.05) is 12.2 Å². The highest BCUT2D eigenvalue weighted by molar-refractivity contribution is 7.91. The molecule has 7 heteroatoms. The van der Waals surface area contributed by atoms with Crippen LogP contribution in [-0.4, -0.2) is 42.4 Å². The van der Waals surface area contributed by atoms with E-state index in [2.05, 4.69) is 5.32 Å². The molecule has 2 aliphatic rings. The molecule has 112 valence electrons. The summed E-state index contributed by atoms with van der Waals surface area (Å²) in [4.78, 5) is 23.5. The summed E-state index contributed by atoms with van der Waals surface area (Å²) in [5.41, 5.74) is -0.778. The van der Waals surface area contributed by atoms with Crippen LogP contribution < -0.4 is 5.32 Å². The van der Waals surface area contributed by atoms with Crippen LogP contribution in [0.25, 0.3) is 0 Å². The van der Waals surface area contributed by atoms with Crippen LogP contribution in [0.5, 0.6) is 0 Å². The Labute approximate surface area is 118 Å². The summed E-state index contributed by atoms with van der Waals surface area (Å²) in [7, 11) is -3.11. The standard InChI is InChI=1S/C13H19NO5S/c1-13(6-7-20(18,19)8-13)14-11(15)9-4-2-3-5-10(9)12(16)17/h2-3,9-10H,4-8H2,1H3,(H,14,15)(H,16,17)/t9-,10+,13?/m1/s1. The van der Waals surface area contributed by atoms with Gasteiger partial charge < -0.3 is 10.4 Å². The Bertz CT molecular complexity index is 553. The number of carbonyl (C=O) groups excluding carboxylic acids is 1. The van der Waals surface area contributed by atoms with Gasteiger partial charge in [-0.2, -0.15) is 0 Å². The highest BCUT2D eigenvalue weighted by atomic mass is 32.2. The molecule has 1 heterocycles. The first-order valence-electron chi connectivity index (χ1n) is 6.63. The second-order valence-corrected chi connectivity index (χ2v) is 8.07. The van der Waals surface area contributed by atoms with Gasteiger partial charge in [0.2, 0.25) is 5.91 Å². The highest BCUT2D eigenvalue weighted by Gasteiger charge is 2.42. The number of aliphatic carboxylic acids is 1. The van der Waals surface area contributed by atoms with Crippen LogP contribution in [0.1, 0.15) is 26.2 Å². The Balaban J connectivity index is 2.08. The minimum Gasteiger partial charge on any atom is -0.481 e. The molecule has 1 aliphatic heterocycles. The molecule has 2 rings (SSSR count). The average Bonchev–Trinajstić information content (AvgIpc) is 2.63. The zero-order valence-corrected chi connectivity index (χ0v) is 12.1. The predicted octanol–water partition coefficient (Wildman–Crippen LogP) is 0.347. The third-order valence-corrected chi connectivity index (χ3v) is 5.92. The fourth-order valence-electron chi connectivity index (χ4n) is 2.88. The molecule has 3 atom stereocenters. The van der Waals surface area contributed by atoms with E-state index in [4.69, 9.17) is 5.11 Å². The molecule has 1 aliphatic carbocycles. The van der Waals surface area contributed by atoms with Crippen LogP contribution in [0.4, 0.5) is 0 Å². The number of sulfone groups is 1. The van der Waals surface area contributed by atoms with Crippen LogP contribution in [0, 0.1) is 11.8 Å². The molecule has 0 spiro atoms. The lowest BCUT2D eigenvalue weighted by Gasteiger charge is -2.30. The molecule has 0 aromatic heterocycles. The summed E-state index contributed by atoms with van der Waals surface area (Å²) in [6.45, 7) is 1.70. The van der Waals surface area contributed by atoms with E-state index < -0.39 is 33.2 Å². The lowest BCUT2D eigenvalue weighted by Crippen LogP contribution is -2.51. The fraction of sp³-hybridized carbons (Fsp3) is 0.692. The van der Waals surface area contributed by atoms with Gasteiger partial charge in [-0.05, 0) is 26.2 Å². The summed E-state index contributed by atoms with van der Waals surface area (Å²) in [5, 5.41) is 11.9. The number of hydrogen-bond acceptors (Lipinski definition) is 4. The summed E-state index contributed by atoms with van der Waals surface area (Å²) in [5.74, 6) is -2.72. The SMILES string of the molecule is CC1(NC(=O)[C@@H]2CC=CC[C@@H]2C(=O)O)CCS(=O)(=O)C1. The molecule has 1 fully saturated rings. The first kappa shape index (κ1) is 15.0. The normalized spacial score (nSPS) is 35.6. The van der Waals surface area contributed by atoms with Gasteiger partial charge in [0.1, 0.15) is 0 Å². The van der Waals surface area contributed by atoms with Gasteiger partial charge in [0.05, 0.1) is 28.9 Å². The van der Waals surface area contributed by atoms with E-state index in [0.717, 1.165) is 0 Å². The number of carboxylic acids is 1. The molecule has 0 aromatic rings. The second-order valence-electron chi connectivity index (χ2n) is 5.89. The summed E-state index contributed by atoms with van der Waals surface area (Å²) in [6, 6.07) is 0. The maximum atomic E-state index is 12.3. The van der Waals surface area contributed by atoms with Gasteiger partial charge in [-0.25, -0.2) is 8.42 Å². The molecule has 0 saturated carbocycles. The Morgan fingerprint density at radius 1 is 1.25 bits per heavy atom. The smallest absolute Gasteiger partial charge is 0.307 e. The van der Waals surface area contributed by atoms with Crippen molar-refractivity contribution >= 4 is 21.7 Å². The van der Waals surface area contributed by atoms with E-state index in [-0.39, 0.29) is 17.4 Å². The minimum atomic E-state index is -3.11. The van der Waals surface area contributed by atoms with Crippen molar-refractivity contribution in [2.45, 2.75) is 31.7 Å². The quantitative estimate of drug-likeness (QED) is 0.732. The van der Waals surface area contributed by atoms with E-state index in [1.165, 1.54) is 0 Å². The topological polar surface area (TPSA) is 101 Å². The first-order chi connectivity index (χ1) is 9.22. The fourth-order valence-corrected chi connectivity index (χ4v) is 4.97. The van der Waals surface area contributed by atoms with Gasteiger partial charge in [0.15, 0.2) is 9.84 Å². The van der Waals surface area contributed by atoms with Crippen LogP contribution in [-0.2, 0) is 19.4 Å². The summed E-state index contributed by atoms with van der Waals surface area (Å²) in [6.07, 6.45) is 4.66. The number of hydrogen-bond donors (Lipinski definition) is 2. The van der Waals surface area contributed by atoms with Crippen LogP contribution in [0.2, 0.25) is 0 Å². The second kappa shape index (κ2) is 5.20. The number of amides is 1. The maximum Gasteiger partial charge on any atom is 0.307 e. The zero-order valence-electron chi connectivity index (χ0n) is 11.3. The van der Waals surface area contributed by atoms with Crippen molar-refractivity contribution in [1.29, 1.82) is 0 Å². The van der Waals surface area contributed by atoms with Crippen molar-refractivity contribution in [3.8, 4) is 0 Å². The van der Waals surface area contributed by atoms with Gasteiger partial charge in [0, 0.05) is 0 Å². The van der Waals surface area contributed by atoms with Crippen molar-refractivity contribution in [1.82, 2.24) is 5.32 Å². The largest absolute Gasteiger partial charge is 0.481 e. The molecule has 0 radical (unpaired) electrons. The monoisotopic (exact) mass is 301 g/mol. The molecule has 1 saturated heterocycles. The van der Waals surface area contributed by atoms with Crippen molar-refractivity contribution in [2.24, 2.45) is 11.8 Å². The van der Waals surface area contributed by atoms with Gasteiger partial charge >= 0.3 is 5.97 Å². The van der Waals surface area contributed by atoms with Gasteiger partial charge in [-0.15, -0.1) is 0 Å². The third-order valence-electron chi connectivity index (χ3n) is 4.01. The van der Waals surface area contributed by atoms with E-state index in [1.54, 1.807) is 19.1 Å². The average molecular weight is 301 g/mol.